The van der Waals surface area contributed by atoms with Gasteiger partial charge in [-0.05, 0) is 12.8 Å². The number of piperidine rings is 1. The van der Waals surface area contributed by atoms with Crippen LogP contribution in [0.5, 0.6) is 0 Å². The lowest BCUT2D eigenvalue weighted by molar-refractivity contribution is -0.144. The van der Waals surface area contributed by atoms with Crippen LogP contribution in [-0.2, 0) is 9.53 Å². The summed E-state index contributed by atoms with van der Waals surface area (Å²) in [5, 5.41) is 21.1. The predicted octanol–water partition coefficient (Wildman–Crippen LogP) is -0.758. The summed E-state index contributed by atoms with van der Waals surface area (Å²) in [5.74, 6) is -0.424. The second kappa shape index (κ2) is 5.12. The van der Waals surface area contributed by atoms with E-state index in [1.807, 2.05) is 0 Å². The van der Waals surface area contributed by atoms with Crippen molar-refractivity contribution in [3.05, 3.63) is 0 Å². The van der Waals surface area contributed by atoms with Gasteiger partial charge in [-0.25, -0.2) is 0 Å². The first-order valence-corrected chi connectivity index (χ1v) is 5.17. The fraction of sp³-hybridized carbons (Fsp3) is 0.889. The van der Waals surface area contributed by atoms with Crippen LogP contribution in [0.1, 0.15) is 12.8 Å². The van der Waals surface area contributed by atoms with E-state index in [-0.39, 0.29) is 19.3 Å². The molecule has 0 aromatic rings. The van der Waals surface area contributed by atoms with Crippen molar-refractivity contribution in [3.8, 4) is 0 Å². The molecular formula is C9H16ClNO4. The second-order valence-electron chi connectivity index (χ2n) is 3.84. The zero-order chi connectivity index (χ0) is 11.5. The summed E-state index contributed by atoms with van der Waals surface area (Å²) >= 11 is 6.12. The zero-order valence-electron chi connectivity index (χ0n) is 8.57. The maximum atomic E-state index is 11.3. The van der Waals surface area contributed by atoms with Crippen molar-refractivity contribution in [1.29, 1.82) is 0 Å². The fourth-order valence-corrected chi connectivity index (χ4v) is 2.17. The number of nitrogens with one attached hydrogen (secondary N) is 1. The number of aliphatic hydroxyl groups excluding tert-OH is 2. The van der Waals surface area contributed by atoms with E-state index >= 15 is 0 Å². The Kier molecular flexibility index (Phi) is 4.33. The Morgan fingerprint density at radius 1 is 1.60 bits per heavy atom. The number of carbonyl (C=O) groups is 1. The maximum absolute atomic E-state index is 11.3. The molecule has 1 aliphatic heterocycles. The molecule has 15 heavy (non-hydrogen) atoms. The molecule has 1 aliphatic rings. The first-order valence-electron chi connectivity index (χ1n) is 4.79. The fourth-order valence-electron chi connectivity index (χ4n) is 1.83. The van der Waals surface area contributed by atoms with Gasteiger partial charge >= 0.3 is 5.97 Å². The third-order valence-electron chi connectivity index (χ3n) is 2.61. The Morgan fingerprint density at radius 3 is 2.73 bits per heavy atom. The number of aliphatic hydroxyl groups is 2. The summed E-state index contributed by atoms with van der Waals surface area (Å²) in [7, 11) is 1.29. The Morgan fingerprint density at radius 2 is 2.27 bits per heavy atom. The van der Waals surface area contributed by atoms with Gasteiger partial charge in [-0.1, -0.05) is 0 Å². The van der Waals surface area contributed by atoms with Gasteiger partial charge in [-0.2, -0.15) is 0 Å². The van der Waals surface area contributed by atoms with Crippen molar-refractivity contribution in [2.75, 3.05) is 20.3 Å². The van der Waals surface area contributed by atoms with Crippen molar-refractivity contribution in [2.45, 2.75) is 29.8 Å². The van der Waals surface area contributed by atoms with Crippen LogP contribution in [0.2, 0.25) is 0 Å². The third kappa shape index (κ3) is 3.04. The summed E-state index contributed by atoms with van der Waals surface area (Å²) in [5.41, 5.74) is 0. The Hall–Kier alpha value is -0.360. The molecule has 1 saturated heterocycles. The monoisotopic (exact) mass is 237 g/mol. The molecule has 0 aliphatic carbocycles. The summed E-state index contributed by atoms with van der Waals surface area (Å²) in [6, 6.07) is -0.849. The predicted molar refractivity (Wildman–Crippen MR) is 54.7 cm³/mol. The van der Waals surface area contributed by atoms with Gasteiger partial charge in [-0.3, -0.25) is 10.1 Å². The molecule has 3 unspecified atom stereocenters. The molecule has 0 radical (unpaired) electrons. The smallest absolute Gasteiger partial charge is 0.322 e. The molecule has 0 amide bonds. The lowest BCUT2D eigenvalue weighted by atomic mass is 9.87. The number of esters is 1. The number of halogens is 1. The van der Waals surface area contributed by atoms with E-state index in [1.54, 1.807) is 0 Å². The van der Waals surface area contributed by atoms with Crippen LogP contribution in [-0.4, -0.2) is 53.5 Å². The molecule has 1 heterocycles. The highest BCUT2D eigenvalue weighted by Gasteiger charge is 2.41. The third-order valence-corrected chi connectivity index (χ3v) is 3.04. The minimum Gasteiger partial charge on any atom is -0.468 e. The van der Waals surface area contributed by atoms with Crippen LogP contribution in [0.3, 0.4) is 0 Å². The molecule has 0 aromatic heterocycles. The standard InChI is InChI=1S/C9H16ClNO4/c1-15-8(14)7-3-9(10,5-13)2-6(4-12)11-7/h6-7,11-13H,2-5H2,1H3. The van der Waals surface area contributed by atoms with Gasteiger partial charge in [0.15, 0.2) is 0 Å². The number of alkyl halides is 1. The largest absolute Gasteiger partial charge is 0.468 e. The number of carbonyl (C=O) groups excluding carboxylic acids is 1. The van der Waals surface area contributed by atoms with Crippen molar-refractivity contribution in [2.24, 2.45) is 0 Å². The first-order chi connectivity index (χ1) is 7.04. The SMILES string of the molecule is COC(=O)C1CC(Cl)(CO)CC(CO)N1. The number of hydrogen-bond acceptors (Lipinski definition) is 5. The second-order valence-corrected chi connectivity index (χ2v) is 4.64. The van der Waals surface area contributed by atoms with E-state index < -0.39 is 16.9 Å². The Labute approximate surface area is 93.4 Å². The zero-order valence-corrected chi connectivity index (χ0v) is 9.33. The van der Waals surface area contributed by atoms with Gasteiger partial charge in [0, 0.05) is 6.04 Å². The van der Waals surface area contributed by atoms with Crippen LogP contribution in [0.25, 0.3) is 0 Å². The summed E-state index contributed by atoms with van der Waals surface area (Å²) in [6.07, 6.45) is 0.725. The van der Waals surface area contributed by atoms with Crippen LogP contribution >= 0.6 is 11.6 Å². The van der Waals surface area contributed by atoms with E-state index in [2.05, 4.69) is 10.1 Å². The average Bonchev–Trinajstić information content (AvgIpc) is 2.27. The number of ether oxygens (including phenoxy) is 1. The van der Waals surface area contributed by atoms with Crippen LogP contribution in [0, 0.1) is 0 Å². The highest BCUT2D eigenvalue weighted by Crippen LogP contribution is 2.31. The molecule has 0 spiro atoms. The number of hydrogen-bond donors (Lipinski definition) is 3. The molecule has 88 valence electrons. The molecule has 1 fully saturated rings. The molecule has 6 heteroatoms. The number of methoxy groups -OCH3 is 1. The average molecular weight is 238 g/mol. The Balaban J connectivity index is 2.71. The number of rotatable bonds is 3. The van der Waals surface area contributed by atoms with E-state index in [0.29, 0.717) is 12.8 Å². The topological polar surface area (TPSA) is 78.8 Å². The minimum atomic E-state index is -0.850. The summed E-state index contributed by atoms with van der Waals surface area (Å²) in [4.78, 5) is 10.5. The van der Waals surface area contributed by atoms with Gasteiger partial charge in [-0.15, -0.1) is 11.6 Å². The Bertz CT molecular complexity index is 238. The lowest BCUT2D eigenvalue weighted by Gasteiger charge is -2.38. The van der Waals surface area contributed by atoms with Gasteiger partial charge in [0.1, 0.15) is 6.04 Å². The van der Waals surface area contributed by atoms with Crippen LogP contribution < -0.4 is 5.32 Å². The van der Waals surface area contributed by atoms with Crippen molar-refractivity contribution in [1.82, 2.24) is 5.32 Å². The molecule has 1 rings (SSSR count). The van der Waals surface area contributed by atoms with Gasteiger partial charge in [0.2, 0.25) is 0 Å². The first kappa shape index (κ1) is 12.7. The molecule has 0 saturated carbocycles. The molecule has 0 aromatic carbocycles. The van der Waals surface area contributed by atoms with Crippen molar-refractivity contribution < 1.29 is 19.7 Å². The van der Waals surface area contributed by atoms with Gasteiger partial charge in [0.25, 0.3) is 0 Å². The normalized spacial score (nSPS) is 36.3. The van der Waals surface area contributed by atoms with E-state index in [0.717, 1.165) is 0 Å². The van der Waals surface area contributed by atoms with Crippen molar-refractivity contribution in [3.63, 3.8) is 0 Å². The van der Waals surface area contributed by atoms with Crippen LogP contribution in [0.4, 0.5) is 0 Å². The molecule has 3 N–H and O–H groups in total. The summed E-state index contributed by atoms with van der Waals surface area (Å²) < 4.78 is 4.60. The lowest BCUT2D eigenvalue weighted by Crippen LogP contribution is -2.57. The highest BCUT2D eigenvalue weighted by molar-refractivity contribution is 6.24. The van der Waals surface area contributed by atoms with Gasteiger partial charge in [0.05, 0.1) is 25.2 Å². The molecule has 5 nitrogen and oxygen atoms in total. The van der Waals surface area contributed by atoms with E-state index in [4.69, 9.17) is 21.8 Å². The molecule has 3 atom stereocenters. The molecule has 0 bridgehead atoms. The quantitative estimate of drug-likeness (QED) is 0.444. The van der Waals surface area contributed by atoms with E-state index in [1.165, 1.54) is 7.11 Å². The van der Waals surface area contributed by atoms with E-state index in [9.17, 15) is 4.79 Å². The highest BCUT2D eigenvalue weighted by atomic mass is 35.5. The summed E-state index contributed by atoms with van der Waals surface area (Å²) in [6.45, 7) is -0.345. The van der Waals surface area contributed by atoms with Gasteiger partial charge < -0.3 is 14.9 Å². The van der Waals surface area contributed by atoms with Crippen LogP contribution in [0.15, 0.2) is 0 Å². The minimum absolute atomic E-state index is 0.123. The van der Waals surface area contributed by atoms with Crippen molar-refractivity contribution >= 4 is 17.6 Å². The maximum Gasteiger partial charge on any atom is 0.322 e. The molecular weight excluding hydrogens is 222 g/mol.